The molecular weight excluding hydrogens is 170 g/mol. The molecule has 0 aromatic carbocycles. The lowest BCUT2D eigenvalue weighted by Crippen LogP contribution is -2.28. The largest absolute Gasteiger partial charge is 0.395 e. The van der Waals surface area contributed by atoms with Crippen LogP contribution in [0.4, 0.5) is 0 Å². The fraction of sp³-hybridized carbons (Fsp3) is 1.00. The number of aliphatic hydroxyl groups is 1. The second-order valence-electron chi connectivity index (χ2n) is 3.00. The number of unbranched alkanes of at least 4 members (excludes halogenated alkanes) is 1. The number of aliphatic hydroxyl groups excluding tert-OH is 1. The zero-order valence-corrected chi connectivity index (χ0v) is 8.89. The molecule has 0 amide bonds. The molecule has 0 bridgehead atoms. The van der Waals surface area contributed by atoms with Crippen molar-refractivity contribution in [2.45, 2.75) is 26.2 Å². The summed E-state index contributed by atoms with van der Waals surface area (Å²) in [6.07, 6.45) is 3.54. The van der Waals surface area contributed by atoms with Crippen LogP contribution in [0.2, 0.25) is 0 Å². The lowest BCUT2D eigenvalue weighted by atomic mass is 10.3. The Labute approximate surface area is 81.4 Å². The van der Waals surface area contributed by atoms with Crippen LogP contribution >= 0.6 is 12.6 Å². The van der Waals surface area contributed by atoms with Crippen LogP contribution in [0.3, 0.4) is 0 Å². The second kappa shape index (κ2) is 9.36. The molecule has 3 heteroatoms. The van der Waals surface area contributed by atoms with Crippen LogP contribution < -0.4 is 0 Å². The van der Waals surface area contributed by atoms with Gasteiger partial charge in [0.2, 0.25) is 0 Å². The van der Waals surface area contributed by atoms with Gasteiger partial charge in [-0.1, -0.05) is 6.92 Å². The van der Waals surface area contributed by atoms with Gasteiger partial charge in [0.05, 0.1) is 6.61 Å². The molecule has 74 valence electrons. The first-order chi connectivity index (χ1) is 5.85. The van der Waals surface area contributed by atoms with E-state index >= 15 is 0 Å². The van der Waals surface area contributed by atoms with Gasteiger partial charge in [0.15, 0.2) is 0 Å². The Morgan fingerprint density at radius 2 is 1.92 bits per heavy atom. The van der Waals surface area contributed by atoms with Gasteiger partial charge in [0.25, 0.3) is 0 Å². The van der Waals surface area contributed by atoms with Crippen molar-refractivity contribution in [3.05, 3.63) is 0 Å². The SMILES string of the molecule is CCCN(CCO)CCCCS. The molecule has 0 atom stereocenters. The maximum absolute atomic E-state index is 8.76. The zero-order chi connectivity index (χ0) is 9.23. The molecule has 0 aliphatic rings. The third-order valence-corrected chi connectivity index (χ3v) is 2.15. The van der Waals surface area contributed by atoms with Crippen LogP contribution in [0.15, 0.2) is 0 Å². The molecule has 0 heterocycles. The Hall–Kier alpha value is 0.270. The van der Waals surface area contributed by atoms with Crippen molar-refractivity contribution in [1.82, 2.24) is 4.90 Å². The number of rotatable bonds is 8. The molecule has 2 nitrogen and oxygen atoms in total. The summed E-state index contributed by atoms with van der Waals surface area (Å²) < 4.78 is 0. The summed E-state index contributed by atoms with van der Waals surface area (Å²) in [6, 6.07) is 0. The van der Waals surface area contributed by atoms with Gasteiger partial charge in [-0.25, -0.2) is 0 Å². The number of hydrogen-bond donors (Lipinski definition) is 2. The molecule has 0 aromatic rings. The van der Waals surface area contributed by atoms with Gasteiger partial charge in [-0.15, -0.1) is 0 Å². The molecule has 0 saturated carbocycles. The van der Waals surface area contributed by atoms with E-state index in [0.29, 0.717) is 0 Å². The Morgan fingerprint density at radius 3 is 2.42 bits per heavy atom. The van der Waals surface area contributed by atoms with E-state index in [1.54, 1.807) is 0 Å². The molecule has 0 saturated heterocycles. The lowest BCUT2D eigenvalue weighted by Gasteiger charge is -2.19. The maximum atomic E-state index is 8.76. The highest BCUT2D eigenvalue weighted by atomic mass is 32.1. The maximum Gasteiger partial charge on any atom is 0.0558 e. The summed E-state index contributed by atoms with van der Waals surface area (Å²) in [7, 11) is 0. The molecule has 0 spiro atoms. The molecular formula is C9H21NOS. The van der Waals surface area contributed by atoms with E-state index in [2.05, 4.69) is 24.5 Å². The van der Waals surface area contributed by atoms with E-state index < -0.39 is 0 Å². The van der Waals surface area contributed by atoms with E-state index in [9.17, 15) is 0 Å². The smallest absolute Gasteiger partial charge is 0.0558 e. The summed E-state index contributed by atoms with van der Waals surface area (Å²) in [6.45, 7) is 5.48. The summed E-state index contributed by atoms with van der Waals surface area (Å²) in [5.41, 5.74) is 0. The van der Waals surface area contributed by atoms with E-state index in [0.717, 1.165) is 25.4 Å². The molecule has 0 rings (SSSR count). The minimum atomic E-state index is 0.279. The van der Waals surface area contributed by atoms with Crippen molar-refractivity contribution in [2.24, 2.45) is 0 Å². The van der Waals surface area contributed by atoms with Gasteiger partial charge in [-0.2, -0.15) is 12.6 Å². The van der Waals surface area contributed by atoms with E-state index in [4.69, 9.17) is 5.11 Å². The summed E-state index contributed by atoms with van der Waals surface area (Å²) in [4.78, 5) is 2.31. The number of thiol groups is 1. The van der Waals surface area contributed by atoms with Crippen LogP contribution in [-0.2, 0) is 0 Å². The first kappa shape index (κ1) is 12.3. The van der Waals surface area contributed by atoms with Gasteiger partial charge >= 0.3 is 0 Å². The van der Waals surface area contributed by atoms with Crippen LogP contribution in [0.1, 0.15) is 26.2 Å². The zero-order valence-electron chi connectivity index (χ0n) is 8.00. The Kier molecular flexibility index (Phi) is 9.57. The van der Waals surface area contributed by atoms with Crippen LogP contribution in [0, 0.1) is 0 Å². The molecule has 0 unspecified atom stereocenters. The average Bonchev–Trinajstić information content (AvgIpc) is 2.06. The lowest BCUT2D eigenvalue weighted by molar-refractivity contribution is 0.194. The summed E-state index contributed by atoms with van der Waals surface area (Å²) >= 11 is 4.16. The fourth-order valence-electron chi connectivity index (χ4n) is 1.24. The first-order valence-electron chi connectivity index (χ1n) is 4.79. The number of hydrogen-bond acceptors (Lipinski definition) is 3. The molecule has 0 fully saturated rings. The van der Waals surface area contributed by atoms with Crippen molar-refractivity contribution in [3.8, 4) is 0 Å². The Bertz CT molecular complexity index is 84.6. The highest BCUT2D eigenvalue weighted by molar-refractivity contribution is 7.80. The van der Waals surface area contributed by atoms with Crippen molar-refractivity contribution < 1.29 is 5.11 Å². The third-order valence-electron chi connectivity index (χ3n) is 1.84. The van der Waals surface area contributed by atoms with Crippen molar-refractivity contribution >= 4 is 12.6 Å². The van der Waals surface area contributed by atoms with Crippen LogP contribution in [0.5, 0.6) is 0 Å². The minimum Gasteiger partial charge on any atom is -0.395 e. The minimum absolute atomic E-state index is 0.279. The standard InChI is InChI=1S/C9H21NOS/c1-2-5-10(7-8-11)6-3-4-9-12/h11-12H,2-9H2,1H3. The Morgan fingerprint density at radius 1 is 1.17 bits per heavy atom. The fourth-order valence-corrected chi connectivity index (χ4v) is 1.46. The monoisotopic (exact) mass is 191 g/mol. The summed E-state index contributed by atoms with van der Waals surface area (Å²) in [5.74, 6) is 0.971. The topological polar surface area (TPSA) is 23.5 Å². The number of nitrogens with zero attached hydrogens (tertiary/aromatic N) is 1. The third kappa shape index (κ3) is 6.95. The van der Waals surface area contributed by atoms with Crippen molar-refractivity contribution in [1.29, 1.82) is 0 Å². The van der Waals surface area contributed by atoms with Gasteiger partial charge < -0.3 is 10.0 Å². The normalized spacial score (nSPS) is 11.0. The quantitative estimate of drug-likeness (QED) is 0.447. The van der Waals surface area contributed by atoms with E-state index in [1.807, 2.05) is 0 Å². The van der Waals surface area contributed by atoms with Crippen molar-refractivity contribution in [3.63, 3.8) is 0 Å². The van der Waals surface area contributed by atoms with Gasteiger partial charge in [0.1, 0.15) is 0 Å². The molecule has 0 radical (unpaired) electrons. The molecule has 12 heavy (non-hydrogen) atoms. The molecule has 0 aromatic heterocycles. The van der Waals surface area contributed by atoms with Gasteiger partial charge in [0, 0.05) is 6.54 Å². The molecule has 0 aliphatic heterocycles. The average molecular weight is 191 g/mol. The predicted molar refractivity (Wildman–Crippen MR) is 56.9 cm³/mol. The van der Waals surface area contributed by atoms with Crippen LogP contribution in [0.25, 0.3) is 0 Å². The van der Waals surface area contributed by atoms with E-state index in [1.165, 1.54) is 19.3 Å². The highest BCUT2D eigenvalue weighted by Gasteiger charge is 2.00. The van der Waals surface area contributed by atoms with Crippen molar-refractivity contribution in [2.75, 3.05) is 32.0 Å². The van der Waals surface area contributed by atoms with Crippen LogP contribution in [-0.4, -0.2) is 42.0 Å². The summed E-state index contributed by atoms with van der Waals surface area (Å²) in [5, 5.41) is 8.76. The van der Waals surface area contributed by atoms with E-state index in [-0.39, 0.29) is 6.61 Å². The highest BCUT2D eigenvalue weighted by Crippen LogP contribution is 1.97. The second-order valence-corrected chi connectivity index (χ2v) is 3.44. The molecule has 1 N–H and O–H groups in total. The molecule has 0 aliphatic carbocycles. The Balaban J connectivity index is 3.34. The van der Waals surface area contributed by atoms with Gasteiger partial charge in [-0.3, -0.25) is 0 Å². The predicted octanol–water partition coefficient (Wildman–Crippen LogP) is 1.40. The van der Waals surface area contributed by atoms with Gasteiger partial charge in [-0.05, 0) is 38.1 Å². The first-order valence-corrected chi connectivity index (χ1v) is 5.42.